The van der Waals surface area contributed by atoms with Crippen LogP contribution in [0.5, 0.6) is 11.5 Å². The number of thioether (sulfide) groups is 1. The fourth-order valence-electron chi connectivity index (χ4n) is 2.51. The Morgan fingerprint density at radius 1 is 1.32 bits per heavy atom. The highest BCUT2D eigenvalue weighted by atomic mass is 32.2. The Labute approximate surface area is 165 Å². The second-order valence-electron chi connectivity index (χ2n) is 5.87. The molecular formula is C19H17N3O5S. The zero-order valence-electron chi connectivity index (χ0n) is 15.1. The highest BCUT2D eigenvalue weighted by molar-refractivity contribution is 8.18. The smallest absolute Gasteiger partial charge is 0.269 e. The molecule has 1 saturated heterocycles. The molecule has 0 radical (unpaired) electrons. The number of nitrogens with zero attached hydrogens (tertiary/aromatic N) is 2. The molecule has 9 heteroatoms. The van der Waals surface area contributed by atoms with Gasteiger partial charge in [0.05, 0.1) is 22.1 Å². The molecule has 2 aromatic rings. The van der Waals surface area contributed by atoms with Crippen LogP contribution >= 0.6 is 11.8 Å². The van der Waals surface area contributed by atoms with Crippen molar-refractivity contribution in [2.45, 2.75) is 13.8 Å². The van der Waals surface area contributed by atoms with Crippen LogP contribution in [0.1, 0.15) is 18.1 Å². The fraction of sp³-hybridized carbons (Fsp3) is 0.158. The molecule has 1 amide bonds. The Morgan fingerprint density at radius 3 is 2.79 bits per heavy atom. The molecule has 0 spiro atoms. The maximum Gasteiger partial charge on any atom is 0.269 e. The number of nitrogens with one attached hydrogen (secondary N) is 1. The third kappa shape index (κ3) is 4.32. The molecule has 2 N–H and O–H groups in total. The molecule has 1 aliphatic heterocycles. The Bertz CT molecular complexity index is 1020. The lowest BCUT2D eigenvalue weighted by Crippen LogP contribution is -2.19. The number of hydrogen-bond donors (Lipinski definition) is 2. The monoisotopic (exact) mass is 399 g/mol. The average Bonchev–Trinajstić information content (AvgIpc) is 2.98. The van der Waals surface area contributed by atoms with E-state index >= 15 is 0 Å². The predicted molar refractivity (Wildman–Crippen MR) is 108 cm³/mol. The van der Waals surface area contributed by atoms with Crippen molar-refractivity contribution in [3.8, 4) is 11.5 Å². The van der Waals surface area contributed by atoms with Crippen molar-refractivity contribution in [2.24, 2.45) is 4.99 Å². The number of ether oxygens (including phenoxy) is 1. The first-order chi connectivity index (χ1) is 13.4. The lowest BCUT2D eigenvalue weighted by molar-refractivity contribution is -0.384. The molecule has 3 rings (SSSR count). The Balaban J connectivity index is 1.84. The summed E-state index contributed by atoms with van der Waals surface area (Å²) in [7, 11) is 0. The van der Waals surface area contributed by atoms with Crippen LogP contribution in [0.2, 0.25) is 0 Å². The standard InChI is InChI=1S/C19H17N3O5S/c1-3-27-16-9-12(4-7-15(16)23)10-17-18(24)21-19(28-17)20-14-6-5-13(22(25)26)8-11(14)2/h4-10,23H,3H2,1-2H3,(H,20,21,24)/b17-10+. The number of amidine groups is 1. The number of aryl methyl sites for hydroxylation is 1. The van der Waals surface area contributed by atoms with Crippen LogP contribution in [0, 0.1) is 17.0 Å². The molecule has 0 atom stereocenters. The molecule has 0 unspecified atom stereocenters. The van der Waals surface area contributed by atoms with Gasteiger partial charge in [-0.05, 0) is 61.0 Å². The summed E-state index contributed by atoms with van der Waals surface area (Å²) < 4.78 is 5.35. The van der Waals surface area contributed by atoms with Crippen LogP contribution in [0.3, 0.4) is 0 Å². The van der Waals surface area contributed by atoms with Gasteiger partial charge in [0.1, 0.15) is 0 Å². The van der Waals surface area contributed by atoms with Crippen LogP contribution in [-0.4, -0.2) is 27.7 Å². The zero-order valence-corrected chi connectivity index (χ0v) is 15.9. The summed E-state index contributed by atoms with van der Waals surface area (Å²) in [4.78, 5) is 27.4. The molecule has 1 heterocycles. The van der Waals surface area contributed by atoms with Crippen molar-refractivity contribution in [1.82, 2.24) is 5.32 Å². The second kappa shape index (κ2) is 8.13. The number of non-ortho nitro benzene ring substituents is 1. The normalized spacial score (nSPS) is 16.4. The highest BCUT2D eigenvalue weighted by Gasteiger charge is 2.24. The van der Waals surface area contributed by atoms with Gasteiger partial charge in [-0.3, -0.25) is 14.9 Å². The van der Waals surface area contributed by atoms with Gasteiger partial charge in [0.25, 0.3) is 11.6 Å². The zero-order chi connectivity index (χ0) is 20.3. The van der Waals surface area contributed by atoms with Gasteiger partial charge in [0.2, 0.25) is 0 Å². The second-order valence-corrected chi connectivity index (χ2v) is 6.90. The molecule has 144 valence electrons. The lowest BCUT2D eigenvalue weighted by atomic mass is 10.2. The molecule has 2 aromatic carbocycles. The number of nitro benzene ring substituents is 1. The van der Waals surface area contributed by atoms with Crippen molar-refractivity contribution < 1.29 is 19.6 Å². The molecule has 0 saturated carbocycles. The number of benzene rings is 2. The summed E-state index contributed by atoms with van der Waals surface area (Å²) in [6.45, 7) is 3.94. The van der Waals surface area contributed by atoms with Gasteiger partial charge in [0, 0.05) is 12.1 Å². The van der Waals surface area contributed by atoms with E-state index in [1.807, 2.05) is 6.92 Å². The van der Waals surface area contributed by atoms with E-state index < -0.39 is 4.92 Å². The summed E-state index contributed by atoms with van der Waals surface area (Å²) in [5.74, 6) is 0.0772. The first-order valence-corrected chi connectivity index (χ1v) is 9.19. The topological polar surface area (TPSA) is 114 Å². The predicted octanol–water partition coefficient (Wildman–Crippen LogP) is 3.90. The summed E-state index contributed by atoms with van der Waals surface area (Å²) in [5.41, 5.74) is 1.86. The minimum absolute atomic E-state index is 0.0115. The van der Waals surface area contributed by atoms with Crippen molar-refractivity contribution in [2.75, 3.05) is 6.61 Å². The number of carbonyl (C=O) groups is 1. The van der Waals surface area contributed by atoms with Crippen molar-refractivity contribution >= 4 is 40.3 Å². The van der Waals surface area contributed by atoms with Crippen LogP contribution in [0.15, 0.2) is 46.3 Å². The van der Waals surface area contributed by atoms with Gasteiger partial charge in [-0.2, -0.15) is 0 Å². The first kappa shape index (κ1) is 19.4. The van der Waals surface area contributed by atoms with E-state index in [0.29, 0.717) is 39.2 Å². The third-order valence-corrected chi connectivity index (χ3v) is 4.76. The summed E-state index contributed by atoms with van der Waals surface area (Å²) >= 11 is 1.16. The molecule has 0 bridgehead atoms. The molecule has 28 heavy (non-hydrogen) atoms. The number of phenols is 1. The Kier molecular flexibility index (Phi) is 5.65. The van der Waals surface area contributed by atoms with Gasteiger partial charge in [-0.25, -0.2) is 4.99 Å². The summed E-state index contributed by atoms with van der Waals surface area (Å²) in [6, 6.07) is 9.18. The number of rotatable bonds is 5. The molecule has 8 nitrogen and oxygen atoms in total. The molecule has 1 aliphatic rings. The van der Waals surface area contributed by atoms with E-state index in [9.17, 15) is 20.0 Å². The first-order valence-electron chi connectivity index (χ1n) is 8.38. The fourth-order valence-corrected chi connectivity index (χ4v) is 3.35. The number of nitro groups is 1. The minimum Gasteiger partial charge on any atom is -0.504 e. The Morgan fingerprint density at radius 2 is 2.11 bits per heavy atom. The van der Waals surface area contributed by atoms with Gasteiger partial charge in [-0.1, -0.05) is 6.07 Å². The van der Waals surface area contributed by atoms with Crippen LogP contribution in [0.25, 0.3) is 6.08 Å². The van der Waals surface area contributed by atoms with Crippen molar-refractivity contribution in [1.29, 1.82) is 0 Å². The number of hydrogen-bond acceptors (Lipinski definition) is 7. The molecule has 1 fully saturated rings. The van der Waals surface area contributed by atoms with Crippen molar-refractivity contribution in [3.63, 3.8) is 0 Å². The van der Waals surface area contributed by atoms with E-state index in [4.69, 9.17) is 4.74 Å². The Hall–Kier alpha value is -3.33. The van der Waals surface area contributed by atoms with Crippen LogP contribution in [0.4, 0.5) is 11.4 Å². The maximum atomic E-state index is 12.2. The van der Waals surface area contributed by atoms with Gasteiger partial charge >= 0.3 is 0 Å². The highest BCUT2D eigenvalue weighted by Crippen LogP contribution is 2.32. The quantitative estimate of drug-likeness (QED) is 0.448. The SMILES string of the molecule is CCOc1cc(/C=C2/SC(=Nc3ccc([N+](=O)[O-])cc3C)NC2=O)ccc1O. The van der Waals surface area contributed by atoms with E-state index in [2.05, 4.69) is 10.3 Å². The summed E-state index contributed by atoms with van der Waals surface area (Å²) in [6.07, 6.45) is 1.67. The van der Waals surface area contributed by atoms with E-state index in [1.165, 1.54) is 18.2 Å². The molecule has 0 aromatic heterocycles. The number of carbonyl (C=O) groups excluding carboxylic acids is 1. The number of aromatic hydroxyl groups is 1. The van der Waals surface area contributed by atoms with E-state index in [0.717, 1.165) is 11.8 Å². The van der Waals surface area contributed by atoms with Crippen LogP contribution in [-0.2, 0) is 4.79 Å². The van der Waals surface area contributed by atoms with Gasteiger partial charge in [0.15, 0.2) is 16.7 Å². The van der Waals surface area contributed by atoms with E-state index in [-0.39, 0.29) is 17.3 Å². The van der Waals surface area contributed by atoms with Gasteiger partial charge < -0.3 is 15.2 Å². The number of amides is 1. The summed E-state index contributed by atoms with van der Waals surface area (Å²) in [5, 5.41) is 23.7. The third-order valence-electron chi connectivity index (χ3n) is 3.85. The van der Waals surface area contributed by atoms with Crippen molar-refractivity contribution in [3.05, 3.63) is 62.5 Å². The minimum atomic E-state index is -0.467. The number of phenolic OH excluding ortho intramolecular Hbond substituents is 1. The molecular weight excluding hydrogens is 382 g/mol. The van der Waals surface area contributed by atoms with Gasteiger partial charge in [-0.15, -0.1) is 0 Å². The largest absolute Gasteiger partial charge is 0.504 e. The van der Waals surface area contributed by atoms with E-state index in [1.54, 1.807) is 31.2 Å². The average molecular weight is 399 g/mol. The molecule has 0 aliphatic carbocycles. The number of aliphatic imine (C=N–C) groups is 1. The van der Waals surface area contributed by atoms with Crippen LogP contribution < -0.4 is 10.1 Å². The lowest BCUT2D eigenvalue weighted by Gasteiger charge is -2.06. The maximum absolute atomic E-state index is 12.2.